The molecule has 29 heavy (non-hydrogen) atoms. The number of carbonyl (C=O) groups excluding carboxylic acids is 1. The zero-order valence-corrected chi connectivity index (χ0v) is 17.2. The number of nitrogens with two attached hydrogens (primary N) is 1. The molecule has 0 aliphatic heterocycles. The lowest BCUT2D eigenvalue weighted by molar-refractivity contribution is 0.102. The van der Waals surface area contributed by atoms with Crippen molar-refractivity contribution in [2.24, 2.45) is 0 Å². The summed E-state index contributed by atoms with van der Waals surface area (Å²) < 4.78 is 1.33. The van der Waals surface area contributed by atoms with E-state index in [4.69, 9.17) is 29.0 Å². The van der Waals surface area contributed by atoms with Gasteiger partial charge in [0, 0.05) is 21.2 Å². The van der Waals surface area contributed by atoms with Crippen LogP contribution < -0.4 is 5.84 Å². The number of hydrogen-bond donors (Lipinski definition) is 2. The van der Waals surface area contributed by atoms with E-state index in [1.807, 2.05) is 18.2 Å². The van der Waals surface area contributed by atoms with Gasteiger partial charge in [0.15, 0.2) is 5.78 Å². The first-order chi connectivity index (χ1) is 14.0. The molecule has 0 aliphatic rings. The van der Waals surface area contributed by atoms with Crippen LogP contribution in [-0.2, 0) is 0 Å². The molecule has 0 radical (unpaired) electrons. The van der Waals surface area contributed by atoms with E-state index in [2.05, 4.69) is 20.4 Å². The second-order valence-electron chi connectivity index (χ2n) is 6.07. The summed E-state index contributed by atoms with van der Waals surface area (Å²) in [4.78, 5) is 12.3. The van der Waals surface area contributed by atoms with Gasteiger partial charge in [0.1, 0.15) is 5.69 Å². The minimum Gasteiger partial charge on any atom is -0.335 e. The Bertz CT molecular complexity index is 1150. The molecule has 2 aromatic carbocycles. The lowest BCUT2D eigenvalue weighted by Crippen LogP contribution is -2.13. The number of hydrogen-bond acceptors (Lipinski definition) is 6. The number of aromatic nitrogens is 5. The predicted octanol–water partition coefficient (Wildman–Crippen LogP) is 4.33. The topological polar surface area (TPSA) is 102 Å². The van der Waals surface area contributed by atoms with Crippen molar-refractivity contribution in [3.8, 4) is 22.8 Å². The van der Waals surface area contributed by atoms with Gasteiger partial charge in [0.05, 0.1) is 11.4 Å². The fraction of sp³-hybridized carbons (Fsp3) is 0.0526. The number of carbonyl (C=O) groups is 1. The van der Waals surface area contributed by atoms with Crippen molar-refractivity contribution in [1.29, 1.82) is 0 Å². The van der Waals surface area contributed by atoms with E-state index < -0.39 is 0 Å². The Kier molecular flexibility index (Phi) is 5.57. The molecule has 0 amide bonds. The van der Waals surface area contributed by atoms with Crippen molar-refractivity contribution in [2.45, 2.75) is 5.16 Å². The summed E-state index contributed by atoms with van der Waals surface area (Å²) in [5.74, 6) is 6.66. The SMILES string of the molecule is Nn1c(SCC(=O)c2ccc(Cl)cc2)nnc1-c1cc(-c2ccc(Cl)cc2)n[nH]1. The molecule has 146 valence electrons. The highest BCUT2D eigenvalue weighted by Crippen LogP contribution is 2.26. The van der Waals surface area contributed by atoms with Crippen LogP contribution in [0.25, 0.3) is 22.8 Å². The number of rotatable bonds is 6. The average Bonchev–Trinajstić information content (AvgIpc) is 3.34. The molecular weight excluding hydrogens is 431 g/mol. The van der Waals surface area contributed by atoms with Gasteiger partial charge >= 0.3 is 0 Å². The Morgan fingerprint density at radius 1 is 1.03 bits per heavy atom. The number of ketones is 1. The minimum atomic E-state index is -0.0530. The third kappa shape index (κ3) is 4.29. The summed E-state index contributed by atoms with van der Waals surface area (Å²) in [7, 11) is 0. The van der Waals surface area contributed by atoms with Crippen LogP contribution >= 0.6 is 35.0 Å². The Labute approximate surface area is 180 Å². The van der Waals surface area contributed by atoms with Gasteiger partial charge in [0.25, 0.3) is 0 Å². The summed E-state index contributed by atoms with van der Waals surface area (Å²) in [6, 6.07) is 15.9. The van der Waals surface area contributed by atoms with E-state index in [0.29, 0.717) is 32.3 Å². The maximum atomic E-state index is 12.3. The highest BCUT2D eigenvalue weighted by Gasteiger charge is 2.17. The van der Waals surface area contributed by atoms with Crippen molar-refractivity contribution in [3.63, 3.8) is 0 Å². The molecule has 2 aromatic heterocycles. The number of nitrogens with zero attached hydrogens (tertiary/aromatic N) is 4. The van der Waals surface area contributed by atoms with Crippen molar-refractivity contribution < 1.29 is 4.79 Å². The van der Waals surface area contributed by atoms with Gasteiger partial charge < -0.3 is 5.84 Å². The third-order valence-corrected chi connectivity index (χ3v) is 5.57. The summed E-state index contributed by atoms with van der Waals surface area (Å²) in [5, 5.41) is 17.0. The first-order valence-electron chi connectivity index (χ1n) is 8.45. The lowest BCUT2D eigenvalue weighted by Gasteiger charge is -2.02. The molecule has 0 atom stereocenters. The molecule has 0 bridgehead atoms. The Morgan fingerprint density at radius 3 is 2.38 bits per heavy atom. The summed E-state index contributed by atoms with van der Waals surface area (Å²) in [6.45, 7) is 0. The van der Waals surface area contributed by atoms with E-state index in [9.17, 15) is 4.79 Å². The van der Waals surface area contributed by atoms with E-state index in [-0.39, 0.29) is 11.5 Å². The van der Waals surface area contributed by atoms with Crippen molar-refractivity contribution in [1.82, 2.24) is 25.1 Å². The average molecular weight is 445 g/mol. The molecule has 0 spiro atoms. The molecule has 0 fully saturated rings. The zero-order chi connectivity index (χ0) is 20.4. The van der Waals surface area contributed by atoms with Crippen LogP contribution in [0.5, 0.6) is 0 Å². The fourth-order valence-electron chi connectivity index (χ4n) is 2.61. The van der Waals surface area contributed by atoms with E-state index in [0.717, 1.165) is 11.3 Å². The molecule has 3 N–H and O–H groups in total. The minimum absolute atomic E-state index is 0.0530. The van der Waals surface area contributed by atoms with Gasteiger partial charge in [-0.05, 0) is 42.5 Å². The maximum absolute atomic E-state index is 12.3. The number of nitrogens with one attached hydrogen (secondary N) is 1. The molecule has 0 aliphatic carbocycles. The maximum Gasteiger partial charge on any atom is 0.210 e. The number of aromatic amines is 1. The second kappa shape index (κ2) is 8.28. The van der Waals surface area contributed by atoms with Crippen LogP contribution in [-0.4, -0.2) is 36.6 Å². The second-order valence-corrected chi connectivity index (χ2v) is 7.88. The van der Waals surface area contributed by atoms with Crippen molar-refractivity contribution >= 4 is 40.7 Å². The highest BCUT2D eigenvalue weighted by atomic mass is 35.5. The third-order valence-electron chi connectivity index (χ3n) is 4.12. The van der Waals surface area contributed by atoms with Crippen molar-refractivity contribution in [3.05, 3.63) is 70.2 Å². The van der Waals surface area contributed by atoms with Crippen LogP contribution in [0.1, 0.15) is 10.4 Å². The first kappa shape index (κ1) is 19.5. The Hall–Kier alpha value is -2.81. The van der Waals surface area contributed by atoms with Gasteiger partial charge in [-0.2, -0.15) is 5.10 Å². The Balaban J connectivity index is 1.48. The number of benzene rings is 2. The number of nitrogen functional groups attached to an aromatic ring is 1. The quantitative estimate of drug-likeness (QED) is 0.260. The first-order valence-corrected chi connectivity index (χ1v) is 10.2. The molecule has 4 aromatic rings. The number of H-pyrrole nitrogens is 1. The van der Waals surface area contributed by atoms with Gasteiger partial charge in [-0.15, -0.1) is 10.2 Å². The van der Waals surface area contributed by atoms with Gasteiger partial charge in [0.2, 0.25) is 11.0 Å². The molecule has 7 nitrogen and oxygen atoms in total. The number of Topliss-reactive ketones (excluding diaryl/α,β-unsaturated/α-hetero) is 1. The fourth-order valence-corrected chi connectivity index (χ4v) is 3.62. The largest absolute Gasteiger partial charge is 0.335 e. The Morgan fingerprint density at radius 2 is 1.69 bits per heavy atom. The molecular formula is C19H14Cl2N6OS. The van der Waals surface area contributed by atoms with Gasteiger partial charge in [-0.1, -0.05) is 47.1 Å². The molecule has 4 rings (SSSR count). The molecule has 0 saturated carbocycles. The molecule has 10 heteroatoms. The van der Waals surface area contributed by atoms with Crippen molar-refractivity contribution in [2.75, 3.05) is 11.6 Å². The summed E-state index contributed by atoms with van der Waals surface area (Å²) >= 11 is 13.0. The smallest absolute Gasteiger partial charge is 0.210 e. The van der Waals surface area contributed by atoms with Crippen LogP contribution in [0.15, 0.2) is 59.8 Å². The lowest BCUT2D eigenvalue weighted by atomic mass is 10.1. The molecule has 0 saturated heterocycles. The highest BCUT2D eigenvalue weighted by molar-refractivity contribution is 7.99. The zero-order valence-electron chi connectivity index (χ0n) is 14.8. The van der Waals surface area contributed by atoms with Gasteiger partial charge in [-0.25, -0.2) is 4.68 Å². The van der Waals surface area contributed by atoms with Crippen LogP contribution in [0.2, 0.25) is 10.0 Å². The van der Waals surface area contributed by atoms with E-state index >= 15 is 0 Å². The monoisotopic (exact) mass is 444 g/mol. The van der Waals surface area contributed by atoms with Crippen LogP contribution in [0.4, 0.5) is 0 Å². The van der Waals surface area contributed by atoms with E-state index in [1.54, 1.807) is 36.4 Å². The van der Waals surface area contributed by atoms with E-state index in [1.165, 1.54) is 16.4 Å². The van der Waals surface area contributed by atoms with Gasteiger partial charge in [-0.3, -0.25) is 9.89 Å². The number of halogens is 2. The summed E-state index contributed by atoms with van der Waals surface area (Å²) in [6.07, 6.45) is 0. The summed E-state index contributed by atoms with van der Waals surface area (Å²) in [5.41, 5.74) is 2.82. The predicted molar refractivity (Wildman–Crippen MR) is 115 cm³/mol. The standard InChI is InChI=1S/C19H14Cl2N6OS/c20-13-5-1-11(2-6-13)15-9-16(24-23-15)18-25-26-19(27(18)22)29-10-17(28)12-3-7-14(21)8-4-12/h1-9H,10,22H2,(H,23,24). The molecule has 0 unspecified atom stereocenters. The van der Waals surface area contributed by atoms with Crippen LogP contribution in [0.3, 0.4) is 0 Å². The van der Waals surface area contributed by atoms with Crippen LogP contribution in [0, 0.1) is 0 Å². The number of thioether (sulfide) groups is 1. The normalized spacial score (nSPS) is 11.0. The molecule has 2 heterocycles.